The first-order valence-corrected chi connectivity index (χ1v) is 14.6. The van der Waals surface area contributed by atoms with Crippen molar-refractivity contribution in [2.24, 2.45) is 23.5 Å². The quantitative estimate of drug-likeness (QED) is 0.245. The van der Waals surface area contributed by atoms with Gasteiger partial charge in [0.15, 0.2) is 11.4 Å². The van der Waals surface area contributed by atoms with Gasteiger partial charge in [-0.15, -0.1) is 0 Å². The van der Waals surface area contributed by atoms with Crippen LogP contribution in [0.5, 0.6) is 11.5 Å². The molecule has 1 amide bonds. The van der Waals surface area contributed by atoms with Crippen molar-refractivity contribution in [3.05, 3.63) is 39.7 Å². The first kappa shape index (κ1) is 29.1. The summed E-state index contributed by atoms with van der Waals surface area (Å²) in [5.74, 6) is -5.26. The summed E-state index contributed by atoms with van der Waals surface area (Å²) in [5, 5.41) is 44.6. The van der Waals surface area contributed by atoms with E-state index in [2.05, 4.69) is 11.8 Å². The van der Waals surface area contributed by atoms with Crippen LogP contribution in [0.25, 0.3) is 5.76 Å². The molecule has 41 heavy (non-hydrogen) atoms. The van der Waals surface area contributed by atoms with E-state index in [1.165, 1.54) is 45.6 Å². The topological polar surface area (TPSA) is 171 Å². The van der Waals surface area contributed by atoms with Crippen LogP contribution in [0.1, 0.15) is 75.0 Å². The summed E-state index contributed by atoms with van der Waals surface area (Å²) in [4.78, 5) is 40.5. The highest BCUT2D eigenvalue weighted by atomic mass is 16.5. The lowest BCUT2D eigenvalue weighted by Gasteiger charge is -2.46. The van der Waals surface area contributed by atoms with E-state index >= 15 is 0 Å². The number of methoxy groups -OCH3 is 1. The number of aliphatic hydroxyl groups is 3. The largest absolute Gasteiger partial charge is 0.508 e. The molecule has 2 saturated carbocycles. The van der Waals surface area contributed by atoms with Crippen molar-refractivity contribution in [3.63, 3.8) is 0 Å². The number of hydrogen-bond donors (Lipinski definition) is 5. The molecule has 3 atom stereocenters. The molecule has 2 fully saturated rings. The van der Waals surface area contributed by atoms with Crippen LogP contribution in [0.4, 0.5) is 0 Å². The molecule has 0 spiro atoms. The maximum Gasteiger partial charge on any atom is 0.255 e. The number of hydrogen-bond acceptors (Lipinski definition) is 9. The SMILES string of the molecule is CCN(Cc1cc(O)c2c(c1OC)CC1C[C@H]3CC(=O)C(C(N)=O)=C(O)[C@@]3(O)C(=O)C1=C2O)CC1CCCCCC1. The van der Waals surface area contributed by atoms with Crippen molar-refractivity contribution in [2.75, 3.05) is 20.2 Å². The highest BCUT2D eigenvalue weighted by molar-refractivity contribution is 6.22. The highest BCUT2D eigenvalue weighted by Gasteiger charge is 2.60. The van der Waals surface area contributed by atoms with Crippen LogP contribution < -0.4 is 10.5 Å². The minimum atomic E-state index is -2.57. The molecular formula is C31H40N2O8. The molecule has 10 heteroatoms. The van der Waals surface area contributed by atoms with Gasteiger partial charge in [0.05, 0.1) is 12.7 Å². The maximum atomic E-state index is 13.7. The molecule has 0 bridgehead atoms. The summed E-state index contributed by atoms with van der Waals surface area (Å²) in [7, 11) is 1.53. The molecule has 0 heterocycles. The van der Waals surface area contributed by atoms with E-state index in [0.29, 0.717) is 23.8 Å². The first-order chi connectivity index (χ1) is 19.5. The minimum absolute atomic E-state index is 0.0459. The van der Waals surface area contributed by atoms with Gasteiger partial charge >= 0.3 is 0 Å². The molecular weight excluding hydrogens is 528 g/mol. The van der Waals surface area contributed by atoms with Gasteiger partial charge in [0.1, 0.15) is 28.6 Å². The lowest BCUT2D eigenvalue weighted by atomic mass is 9.59. The number of amides is 1. The predicted octanol–water partition coefficient (Wildman–Crippen LogP) is 3.22. The Morgan fingerprint density at radius 1 is 1.12 bits per heavy atom. The number of phenols is 1. The molecule has 10 nitrogen and oxygen atoms in total. The minimum Gasteiger partial charge on any atom is -0.508 e. The highest BCUT2D eigenvalue weighted by Crippen LogP contribution is 2.53. The zero-order chi connectivity index (χ0) is 29.6. The third kappa shape index (κ3) is 4.80. The smallest absolute Gasteiger partial charge is 0.255 e. The summed E-state index contributed by atoms with van der Waals surface area (Å²) in [6, 6.07) is 1.55. The second-order valence-corrected chi connectivity index (χ2v) is 12.0. The van der Waals surface area contributed by atoms with Crippen LogP contribution >= 0.6 is 0 Å². The number of rotatable bonds is 7. The average molecular weight is 569 g/mol. The molecule has 0 aromatic heterocycles. The van der Waals surface area contributed by atoms with Crippen molar-refractivity contribution in [2.45, 2.75) is 76.9 Å². The number of aromatic hydroxyl groups is 1. The Balaban J connectivity index is 1.53. The number of phenolic OH excluding ortho intramolecular Hbond substituents is 1. The number of ether oxygens (including phenoxy) is 1. The average Bonchev–Trinajstić information content (AvgIpc) is 3.18. The molecule has 4 aliphatic rings. The van der Waals surface area contributed by atoms with Gasteiger partial charge in [0, 0.05) is 42.1 Å². The van der Waals surface area contributed by atoms with Crippen molar-refractivity contribution in [1.82, 2.24) is 4.90 Å². The molecule has 4 aliphatic carbocycles. The zero-order valence-corrected chi connectivity index (χ0v) is 23.7. The molecule has 0 aliphatic heterocycles. The van der Waals surface area contributed by atoms with E-state index in [-0.39, 0.29) is 36.1 Å². The Hall–Kier alpha value is -3.37. The summed E-state index contributed by atoms with van der Waals surface area (Å²) in [6.07, 6.45) is 7.43. The number of carbonyl (C=O) groups excluding carboxylic acids is 3. The van der Waals surface area contributed by atoms with Crippen LogP contribution in [-0.4, -0.2) is 68.6 Å². The summed E-state index contributed by atoms with van der Waals surface area (Å²) in [5.41, 5.74) is 3.09. The molecule has 1 unspecified atom stereocenters. The summed E-state index contributed by atoms with van der Waals surface area (Å²) < 4.78 is 5.85. The van der Waals surface area contributed by atoms with Gasteiger partial charge in [-0.25, -0.2) is 0 Å². The van der Waals surface area contributed by atoms with Crippen LogP contribution in [-0.2, 0) is 27.3 Å². The van der Waals surface area contributed by atoms with Gasteiger partial charge in [-0.05, 0) is 50.1 Å². The van der Waals surface area contributed by atoms with Gasteiger partial charge in [-0.2, -0.15) is 0 Å². The predicted molar refractivity (Wildman–Crippen MR) is 150 cm³/mol. The maximum absolute atomic E-state index is 13.7. The number of primary amides is 1. The standard InChI is InChI=1S/C31H40N2O8/c1-3-33(14-16-8-6-4-5-7-9-16)15-18-12-21(34)24-20(27(18)41-2)11-17-10-19-13-22(35)25(30(32)39)29(38)31(19,40)28(37)23(17)26(24)36/h12,16-17,19,34,36,38,40H,3-11,13-15H2,1-2H3,(H2,32,39)/t17?,19-,31-/m0/s1. The Bertz CT molecular complexity index is 1340. The Labute approximate surface area is 239 Å². The fourth-order valence-corrected chi connectivity index (χ4v) is 7.56. The van der Waals surface area contributed by atoms with E-state index in [9.17, 15) is 34.8 Å². The van der Waals surface area contributed by atoms with Crippen LogP contribution in [0.2, 0.25) is 0 Å². The van der Waals surface area contributed by atoms with Crippen molar-refractivity contribution in [3.8, 4) is 11.5 Å². The number of fused-ring (bicyclic) bond motifs is 3. The van der Waals surface area contributed by atoms with Crippen molar-refractivity contribution >= 4 is 23.2 Å². The van der Waals surface area contributed by atoms with Gasteiger partial charge in [0.25, 0.3) is 5.91 Å². The molecule has 1 aromatic carbocycles. The van der Waals surface area contributed by atoms with E-state index in [4.69, 9.17) is 10.5 Å². The molecule has 5 rings (SSSR count). The fourth-order valence-electron chi connectivity index (χ4n) is 7.56. The molecule has 1 aromatic rings. The fraction of sp³-hybridized carbons (Fsp3) is 0.581. The normalized spacial score (nSPS) is 26.9. The number of Topliss-reactive ketones (excluding diaryl/α,β-unsaturated/α-hetero) is 2. The number of nitrogens with two attached hydrogens (primary N) is 1. The summed E-state index contributed by atoms with van der Waals surface area (Å²) in [6.45, 7) is 4.42. The number of nitrogens with zero attached hydrogens (tertiary/aromatic N) is 1. The number of carbonyl (C=O) groups is 3. The second-order valence-electron chi connectivity index (χ2n) is 12.0. The molecule has 0 radical (unpaired) electrons. The second kappa shape index (κ2) is 11.1. The van der Waals surface area contributed by atoms with Gasteiger partial charge in [-0.3, -0.25) is 19.3 Å². The van der Waals surface area contributed by atoms with E-state index in [1.54, 1.807) is 6.07 Å². The van der Waals surface area contributed by atoms with Crippen LogP contribution in [0, 0.1) is 17.8 Å². The number of benzene rings is 1. The van der Waals surface area contributed by atoms with Gasteiger partial charge in [0.2, 0.25) is 5.78 Å². The number of aliphatic hydroxyl groups excluding tert-OH is 2. The van der Waals surface area contributed by atoms with Crippen molar-refractivity contribution < 1.29 is 39.5 Å². The first-order valence-electron chi connectivity index (χ1n) is 14.6. The van der Waals surface area contributed by atoms with E-state index < -0.39 is 52.0 Å². The third-order valence-electron chi connectivity index (χ3n) is 9.63. The van der Waals surface area contributed by atoms with Gasteiger partial charge < -0.3 is 30.9 Å². The monoisotopic (exact) mass is 568 g/mol. The Morgan fingerprint density at radius 2 is 1.80 bits per heavy atom. The lowest BCUT2D eigenvalue weighted by molar-refractivity contribution is -0.147. The van der Waals surface area contributed by atoms with Crippen LogP contribution in [0.15, 0.2) is 23.0 Å². The molecule has 6 N–H and O–H groups in total. The van der Waals surface area contributed by atoms with Crippen molar-refractivity contribution in [1.29, 1.82) is 0 Å². The lowest BCUT2D eigenvalue weighted by Crippen LogP contribution is -2.58. The zero-order valence-electron chi connectivity index (χ0n) is 23.7. The van der Waals surface area contributed by atoms with E-state index in [1.807, 2.05) is 0 Å². The Morgan fingerprint density at radius 3 is 2.41 bits per heavy atom. The molecule has 0 saturated heterocycles. The Kier molecular flexibility index (Phi) is 7.91. The number of ketones is 2. The summed E-state index contributed by atoms with van der Waals surface area (Å²) >= 11 is 0. The molecule has 222 valence electrons. The third-order valence-corrected chi connectivity index (χ3v) is 9.63. The van der Waals surface area contributed by atoms with Gasteiger partial charge in [-0.1, -0.05) is 32.6 Å². The van der Waals surface area contributed by atoms with E-state index in [0.717, 1.165) is 18.7 Å². The van der Waals surface area contributed by atoms with Crippen LogP contribution in [0.3, 0.4) is 0 Å².